The zero-order valence-electron chi connectivity index (χ0n) is 19.5. The molecule has 1 N–H and O–H groups in total. The van der Waals surface area contributed by atoms with Crippen LogP contribution in [0.2, 0.25) is 0 Å². The van der Waals surface area contributed by atoms with Gasteiger partial charge < -0.3 is 19.4 Å². The molecule has 4 rings (SSSR count). The number of ether oxygens (including phenoxy) is 1. The van der Waals surface area contributed by atoms with Crippen molar-refractivity contribution in [2.24, 2.45) is 0 Å². The molecule has 1 saturated carbocycles. The van der Waals surface area contributed by atoms with E-state index < -0.39 is 6.04 Å². The first-order valence-corrected chi connectivity index (χ1v) is 12.1. The van der Waals surface area contributed by atoms with Crippen molar-refractivity contribution < 1.29 is 18.7 Å². The number of amides is 2. The van der Waals surface area contributed by atoms with Gasteiger partial charge in [0.2, 0.25) is 17.6 Å². The lowest BCUT2D eigenvalue weighted by Crippen LogP contribution is -2.55. The molecular weight excluding hydrogens is 424 g/mol. The minimum absolute atomic E-state index is 0.0539. The third-order valence-electron chi connectivity index (χ3n) is 6.42. The Morgan fingerprint density at radius 2 is 2.06 bits per heavy atom. The Bertz CT molecular complexity index is 929. The van der Waals surface area contributed by atoms with Gasteiger partial charge >= 0.3 is 0 Å². The van der Waals surface area contributed by atoms with Crippen molar-refractivity contribution in [2.75, 3.05) is 13.2 Å². The molecule has 2 aromatic heterocycles. The summed E-state index contributed by atoms with van der Waals surface area (Å²) in [5, 5.41) is 15.4. The lowest BCUT2D eigenvalue weighted by molar-refractivity contribution is -0.144. The quantitative estimate of drug-likeness (QED) is 0.581. The molecule has 1 aliphatic heterocycles. The van der Waals surface area contributed by atoms with Gasteiger partial charge in [-0.3, -0.25) is 9.59 Å². The van der Waals surface area contributed by atoms with Gasteiger partial charge in [-0.05, 0) is 56.4 Å². The molecule has 0 spiro atoms. The molecule has 0 radical (unpaired) electrons. The molecule has 180 valence electrons. The number of carbonyl (C=O) groups is 2. The van der Waals surface area contributed by atoms with Gasteiger partial charge in [-0.15, -0.1) is 10.2 Å². The van der Waals surface area contributed by atoms with Crippen molar-refractivity contribution >= 4 is 11.8 Å². The van der Waals surface area contributed by atoms with Gasteiger partial charge in [0.1, 0.15) is 18.3 Å². The van der Waals surface area contributed by atoms with E-state index in [1.807, 2.05) is 19.9 Å². The zero-order chi connectivity index (χ0) is 23.2. The van der Waals surface area contributed by atoms with E-state index in [4.69, 9.17) is 9.15 Å². The van der Waals surface area contributed by atoms with Crippen LogP contribution in [-0.2, 0) is 20.9 Å². The van der Waals surface area contributed by atoms with Crippen molar-refractivity contribution in [1.29, 1.82) is 0 Å². The maximum absolute atomic E-state index is 13.5. The van der Waals surface area contributed by atoms with Crippen LogP contribution in [0.15, 0.2) is 16.5 Å². The average molecular weight is 459 g/mol. The van der Waals surface area contributed by atoms with Gasteiger partial charge in [-0.1, -0.05) is 26.2 Å². The summed E-state index contributed by atoms with van der Waals surface area (Å²) >= 11 is 0. The first kappa shape index (κ1) is 23.4. The highest BCUT2D eigenvalue weighted by atomic mass is 16.5. The molecule has 10 heteroatoms. The average Bonchev–Trinajstić information content (AvgIpc) is 3.60. The van der Waals surface area contributed by atoms with Gasteiger partial charge in [0.25, 0.3) is 0 Å². The summed E-state index contributed by atoms with van der Waals surface area (Å²) in [5.74, 6) is 1.33. The van der Waals surface area contributed by atoms with Crippen LogP contribution < -0.4 is 5.32 Å². The Kier molecular flexibility index (Phi) is 7.74. The molecule has 2 amide bonds. The van der Waals surface area contributed by atoms with Crippen molar-refractivity contribution in [3.8, 4) is 11.6 Å². The summed E-state index contributed by atoms with van der Waals surface area (Å²) in [6.07, 6.45) is 7.41. The first-order chi connectivity index (χ1) is 16.0. The molecule has 2 atom stereocenters. The van der Waals surface area contributed by atoms with Crippen LogP contribution in [0.1, 0.15) is 64.1 Å². The van der Waals surface area contributed by atoms with Crippen LogP contribution >= 0.6 is 0 Å². The van der Waals surface area contributed by atoms with E-state index in [2.05, 4.69) is 20.7 Å². The van der Waals surface area contributed by atoms with Gasteiger partial charge in [-0.25, -0.2) is 0 Å². The summed E-state index contributed by atoms with van der Waals surface area (Å²) in [4.78, 5) is 29.8. The Labute approximate surface area is 194 Å². The number of carbonyl (C=O) groups excluding carboxylic acids is 2. The molecule has 33 heavy (non-hydrogen) atoms. The number of aryl methyl sites for hydroxylation is 1. The minimum atomic E-state index is -0.511. The summed E-state index contributed by atoms with van der Waals surface area (Å²) in [5.41, 5.74) is 0. The van der Waals surface area contributed by atoms with Crippen molar-refractivity contribution in [3.63, 3.8) is 0 Å². The van der Waals surface area contributed by atoms with Gasteiger partial charge in [0.05, 0.1) is 6.10 Å². The maximum Gasteiger partial charge on any atom is 0.247 e. The molecule has 1 aliphatic carbocycles. The second-order valence-electron chi connectivity index (χ2n) is 8.98. The number of nitrogens with one attached hydrogen (secondary N) is 1. The third kappa shape index (κ3) is 5.79. The predicted octanol–water partition coefficient (Wildman–Crippen LogP) is 2.48. The Morgan fingerprint density at radius 1 is 1.24 bits per heavy atom. The largest absolute Gasteiger partial charge is 0.458 e. The number of tetrazole rings is 1. The molecule has 2 aliphatic rings. The molecule has 2 aromatic rings. The number of hydrogen-bond acceptors (Lipinski definition) is 7. The number of aromatic nitrogens is 4. The topological polar surface area (TPSA) is 115 Å². The van der Waals surface area contributed by atoms with E-state index in [1.54, 1.807) is 11.0 Å². The van der Waals surface area contributed by atoms with E-state index in [0.29, 0.717) is 24.6 Å². The van der Waals surface area contributed by atoms with Crippen molar-refractivity contribution in [2.45, 2.75) is 89.9 Å². The highest BCUT2D eigenvalue weighted by molar-refractivity contribution is 5.87. The smallest absolute Gasteiger partial charge is 0.247 e. The van der Waals surface area contributed by atoms with Crippen LogP contribution in [0.5, 0.6) is 0 Å². The molecule has 10 nitrogen and oxygen atoms in total. The van der Waals surface area contributed by atoms with Crippen LogP contribution in [0.4, 0.5) is 0 Å². The first-order valence-electron chi connectivity index (χ1n) is 12.1. The zero-order valence-corrected chi connectivity index (χ0v) is 19.5. The lowest BCUT2D eigenvalue weighted by Gasteiger charge is -2.36. The summed E-state index contributed by atoms with van der Waals surface area (Å²) in [6.45, 7) is 5.05. The summed E-state index contributed by atoms with van der Waals surface area (Å²) in [7, 11) is 0. The van der Waals surface area contributed by atoms with Crippen LogP contribution in [-0.4, -0.2) is 68.3 Å². The van der Waals surface area contributed by atoms with Gasteiger partial charge in [-0.2, -0.15) is 4.80 Å². The summed E-state index contributed by atoms with van der Waals surface area (Å²) in [6, 6.07) is 3.15. The number of nitrogens with zero attached hydrogens (tertiary/aromatic N) is 5. The number of rotatable bonds is 10. The normalized spacial score (nSPS) is 19.6. The van der Waals surface area contributed by atoms with E-state index in [9.17, 15) is 9.59 Å². The fourth-order valence-corrected chi connectivity index (χ4v) is 4.79. The molecule has 2 unspecified atom stereocenters. The van der Waals surface area contributed by atoms with E-state index in [-0.39, 0.29) is 30.5 Å². The second kappa shape index (κ2) is 10.9. The molecule has 2 fully saturated rings. The fourth-order valence-electron chi connectivity index (χ4n) is 4.79. The highest BCUT2D eigenvalue weighted by Crippen LogP contribution is 2.27. The molecular formula is C23H34N6O4. The SMILES string of the molecule is CCCC(C(=O)NCC1CCCO1)N(C(=O)Cn1nnc(-c2ccc(C)o2)n1)C1CCCC1. The lowest BCUT2D eigenvalue weighted by atomic mass is 10.0. The molecule has 0 aromatic carbocycles. The monoisotopic (exact) mass is 458 g/mol. The Balaban J connectivity index is 1.47. The standard InChI is InChI=1S/C23H34N6O4/c1-3-7-19(23(31)24-14-18-10-6-13-32-18)29(17-8-4-5-9-17)21(30)15-28-26-22(25-27-28)20-12-11-16(2)33-20/h11-12,17-19H,3-10,13-15H2,1-2H3,(H,24,31). The minimum Gasteiger partial charge on any atom is -0.458 e. The van der Waals surface area contributed by atoms with Crippen LogP contribution in [0.3, 0.4) is 0 Å². The van der Waals surface area contributed by atoms with E-state index >= 15 is 0 Å². The number of furan rings is 1. The Hall–Kier alpha value is -2.75. The number of hydrogen-bond donors (Lipinski definition) is 1. The van der Waals surface area contributed by atoms with Gasteiger partial charge in [0, 0.05) is 19.2 Å². The van der Waals surface area contributed by atoms with Crippen molar-refractivity contribution in [3.05, 3.63) is 17.9 Å². The molecule has 1 saturated heterocycles. The van der Waals surface area contributed by atoms with Gasteiger partial charge in [0.15, 0.2) is 5.76 Å². The molecule has 0 bridgehead atoms. The maximum atomic E-state index is 13.5. The molecule has 3 heterocycles. The van der Waals surface area contributed by atoms with Crippen LogP contribution in [0, 0.1) is 6.92 Å². The third-order valence-corrected chi connectivity index (χ3v) is 6.42. The predicted molar refractivity (Wildman–Crippen MR) is 120 cm³/mol. The van der Waals surface area contributed by atoms with Crippen molar-refractivity contribution in [1.82, 2.24) is 30.4 Å². The Morgan fingerprint density at radius 3 is 2.73 bits per heavy atom. The highest BCUT2D eigenvalue weighted by Gasteiger charge is 2.36. The second-order valence-corrected chi connectivity index (χ2v) is 8.98. The summed E-state index contributed by atoms with van der Waals surface area (Å²) < 4.78 is 11.2. The fraction of sp³-hybridized carbons (Fsp3) is 0.696. The van der Waals surface area contributed by atoms with Crippen LogP contribution in [0.25, 0.3) is 11.6 Å². The van der Waals surface area contributed by atoms with E-state index in [1.165, 1.54) is 4.80 Å². The van der Waals surface area contributed by atoms with E-state index in [0.717, 1.165) is 57.3 Å².